The summed E-state index contributed by atoms with van der Waals surface area (Å²) in [5, 5.41) is 4.96. The van der Waals surface area contributed by atoms with Gasteiger partial charge in [-0.1, -0.05) is 43.8 Å². The smallest absolute Gasteiger partial charge is 0.262 e. The van der Waals surface area contributed by atoms with Crippen LogP contribution >= 0.6 is 11.8 Å². The van der Waals surface area contributed by atoms with Crippen LogP contribution in [0.1, 0.15) is 20.3 Å². The number of nitrogens with one attached hydrogen (secondary N) is 1. The van der Waals surface area contributed by atoms with E-state index < -0.39 is 9.84 Å². The van der Waals surface area contributed by atoms with Crippen molar-refractivity contribution in [3.8, 4) is 5.69 Å². The largest absolute Gasteiger partial charge is 0.338 e. The lowest BCUT2D eigenvalue weighted by molar-refractivity contribution is -0.130. The fourth-order valence-electron chi connectivity index (χ4n) is 3.81. The Morgan fingerprint density at radius 2 is 2.06 bits per heavy atom. The summed E-state index contributed by atoms with van der Waals surface area (Å²) in [7, 11) is -3.10. The number of aromatic nitrogens is 4. The number of thioether (sulfide) groups is 1. The van der Waals surface area contributed by atoms with E-state index in [1.54, 1.807) is 9.58 Å². The minimum absolute atomic E-state index is 0.00737. The van der Waals surface area contributed by atoms with Gasteiger partial charge in [0.25, 0.3) is 5.56 Å². The molecule has 1 N–H and O–H groups in total. The molecule has 2 aromatic heterocycles. The van der Waals surface area contributed by atoms with Crippen molar-refractivity contribution in [1.82, 2.24) is 24.6 Å². The molecule has 170 valence electrons. The van der Waals surface area contributed by atoms with Crippen molar-refractivity contribution in [1.29, 1.82) is 0 Å². The van der Waals surface area contributed by atoms with Crippen molar-refractivity contribution < 1.29 is 13.2 Å². The molecule has 1 saturated heterocycles. The van der Waals surface area contributed by atoms with Crippen molar-refractivity contribution in [2.75, 3.05) is 23.8 Å². The van der Waals surface area contributed by atoms with Crippen LogP contribution in [0.5, 0.6) is 0 Å². The Kier molecular flexibility index (Phi) is 6.38. The predicted molar refractivity (Wildman–Crippen MR) is 124 cm³/mol. The van der Waals surface area contributed by atoms with Gasteiger partial charge in [-0.3, -0.25) is 9.59 Å². The van der Waals surface area contributed by atoms with Crippen molar-refractivity contribution in [2.24, 2.45) is 5.92 Å². The first-order valence-electron chi connectivity index (χ1n) is 10.4. The average Bonchev–Trinajstić information content (AvgIpc) is 3.34. The summed E-state index contributed by atoms with van der Waals surface area (Å²) in [6, 6.07) is 9.06. The van der Waals surface area contributed by atoms with Gasteiger partial charge in [-0.15, -0.1) is 0 Å². The number of para-hydroxylation sites is 1. The van der Waals surface area contributed by atoms with Gasteiger partial charge in [0, 0.05) is 12.6 Å². The third-order valence-electron chi connectivity index (χ3n) is 5.28. The van der Waals surface area contributed by atoms with E-state index in [1.807, 2.05) is 44.2 Å². The second-order valence-electron chi connectivity index (χ2n) is 8.29. The number of sulfone groups is 1. The third kappa shape index (κ3) is 4.88. The number of aromatic amines is 1. The molecule has 32 heavy (non-hydrogen) atoms. The number of H-pyrrole nitrogens is 1. The molecule has 0 saturated carbocycles. The topological polar surface area (TPSA) is 118 Å². The van der Waals surface area contributed by atoms with Crippen LogP contribution < -0.4 is 5.56 Å². The molecular weight excluding hydrogens is 450 g/mol. The highest BCUT2D eigenvalue weighted by molar-refractivity contribution is 7.99. The third-order valence-corrected chi connectivity index (χ3v) is 7.89. The normalized spacial score (nSPS) is 17.8. The standard InChI is InChI=1S/C21H25N5O4S2/c1-14(2)11-25(16-8-9-32(29,30)13-16)18(27)12-31-21-23-19-17(20(28)24-21)10-22-26(19)15-6-4-3-5-7-15/h3-7,10,14,16H,8-9,11-13H2,1-2H3,(H,23,24,28)/t16-/m0/s1. The Morgan fingerprint density at radius 3 is 2.72 bits per heavy atom. The zero-order chi connectivity index (χ0) is 22.9. The molecular formula is C21H25N5O4S2. The van der Waals surface area contributed by atoms with E-state index in [4.69, 9.17) is 0 Å². The Morgan fingerprint density at radius 1 is 1.31 bits per heavy atom. The van der Waals surface area contributed by atoms with Crippen LogP contribution in [0, 0.1) is 5.92 Å². The zero-order valence-corrected chi connectivity index (χ0v) is 19.5. The highest BCUT2D eigenvalue weighted by atomic mass is 32.2. The van der Waals surface area contributed by atoms with Crippen molar-refractivity contribution in [3.63, 3.8) is 0 Å². The maximum absolute atomic E-state index is 13.0. The highest BCUT2D eigenvalue weighted by Crippen LogP contribution is 2.22. The lowest BCUT2D eigenvalue weighted by Gasteiger charge is -2.29. The van der Waals surface area contributed by atoms with Gasteiger partial charge in [0.1, 0.15) is 5.39 Å². The van der Waals surface area contributed by atoms with E-state index in [1.165, 1.54) is 6.20 Å². The van der Waals surface area contributed by atoms with E-state index in [-0.39, 0.29) is 40.7 Å². The van der Waals surface area contributed by atoms with Gasteiger partial charge in [0.2, 0.25) is 5.91 Å². The van der Waals surface area contributed by atoms with Gasteiger partial charge in [-0.25, -0.2) is 18.1 Å². The number of carbonyl (C=O) groups is 1. The van der Waals surface area contributed by atoms with Gasteiger partial charge < -0.3 is 9.88 Å². The van der Waals surface area contributed by atoms with Gasteiger partial charge in [0.05, 0.1) is 29.1 Å². The zero-order valence-electron chi connectivity index (χ0n) is 17.9. The molecule has 4 rings (SSSR count). The molecule has 1 fully saturated rings. The first-order chi connectivity index (χ1) is 15.2. The first kappa shape index (κ1) is 22.5. The molecule has 1 aliphatic rings. The van der Waals surface area contributed by atoms with Crippen molar-refractivity contribution in [2.45, 2.75) is 31.5 Å². The number of amides is 1. The quantitative estimate of drug-likeness (QED) is 0.409. The lowest BCUT2D eigenvalue weighted by Crippen LogP contribution is -2.44. The van der Waals surface area contributed by atoms with Crippen LogP contribution in [-0.4, -0.2) is 68.8 Å². The number of carbonyl (C=O) groups excluding carboxylic acids is 1. The molecule has 0 aliphatic carbocycles. The van der Waals surface area contributed by atoms with Gasteiger partial charge in [-0.05, 0) is 24.5 Å². The Labute approximate surface area is 190 Å². The molecule has 1 aromatic carbocycles. The van der Waals surface area contributed by atoms with Crippen LogP contribution in [0.15, 0.2) is 46.5 Å². The van der Waals surface area contributed by atoms with E-state index in [0.29, 0.717) is 29.2 Å². The van der Waals surface area contributed by atoms with Crippen LogP contribution in [0.25, 0.3) is 16.7 Å². The van der Waals surface area contributed by atoms with E-state index >= 15 is 0 Å². The van der Waals surface area contributed by atoms with Crippen molar-refractivity contribution >= 4 is 38.5 Å². The Hall–Kier alpha value is -2.66. The van der Waals surface area contributed by atoms with E-state index in [2.05, 4.69) is 15.1 Å². The summed E-state index contributed by atoms with van der Waals surface area (Å²) in [6.07, 6.45) is 1.93. The second-order valence-corrected chi connectivity index (χ2v) is 11.5. The maximum Gasteiger partial charge on any atom is 0.262 e. The predicted octanol–water partition coefficient (Wildman–Crippen LogP) is 1.87. The monoisotopic (exact) mass is 475 g/mol. The number of nitrogens with zero attached hydrogens (tertiary/aromatic N) is 4. The molecule has 1 aliphatic heterocycles. The summed E-state index contributed by atoms with van der Waals surface area (Å²) in [4.78, 5) is 34.4. The van der Waals surface area contributed by atoms with Crippen LogP contribution in [0.4, 0.5) is 0 Å². The molecule has 3 aromatic rings. The maximum atomic E-state index is 13.0. The summed E-state index contributed by atoms with van der Waals surface area (Å²) in [5.74, 6) is 0.221. The Balaban J connectivity index is 1.55. The molecule has 0 unspecified atom stereocenters. The first-order valence-corrected chi connectivity index (χ1v) is 13.2. The number of fused-ring (bicyclic) bond motifs is 1. The fourth-order valence-corrected chi connectivity index (χ4v) is 6.28. The average molecular weight is 476 g/mol. The second kappa shape index (κ2) is 9.07. The SMILES string of the molecule is CC(C)CN(C(=O)CSc1nc2c(cnn2-c2ccccc2)c(=O)[nH]1)[C@H]1CCS(=O)(=O)C1. The number of hydrogen-bond acceptors (Lipinski definition) is 7. The molecule has 0 spiro atoms. The summed E-state index contributed by atoms with van der Waals surface area (Å²) in [6.45, 7) is 4.48. The minimum atomic E-state index is -3.10. The fraction of sp³-hybridized carbons (Fsp3) is 0.429. The lowest BCUT2D eigenvalue weighted by atomic mass is 10.1. The summed E-state index contributed by atoms with van der Waals surface area (Å²) in [5.41, 5.74) is 0.863. The summed E-state index contributed by atoms with van der Waals surface area (Å²) < 4.78 is 25.4. The van der Waals surface area contributed by atoms with Crippen LogP contribution in [0.3, 0.4) is 0 Å². The number of hydrogen-bond donors (Lipinski definition) is 1. The van der Waals surface area contributed by atoms with Gasteiger partial charge in [0.15, 0.2) is 20.6 Å². The molecule has 9 nitrogen and oxygen atoms in total. The molecule has 0 radical (unpaired) electrons. The van der Waals surface area contributed by atoms with Gasteiger partial charge in [-0.2, -0.15) is 5.10 Å². The molecule has 0 bridgehead atoms. The minimum Gasteiger partial charge on any atom is -0.338 e. The Bertz CT molecular complexity index is 1280. The van der Waals surface area contributed by atoms with E-state index in [0.717, 1.165) is 17.4 Å². The molecule has 3 heterocycles. The van der Waals surface area contributed by atoms with Gasteiger partial charge >= 0.3 is 0 Å². The molecule has 11 heteroatoms. The van der Waals surface area contributed by atoms with Crippen LogP contribution in [0.2, 0.25) is 0 Å². The summed E-state index contributed by atoms with van der Waals surface area (Å²) >= 11 is 1.13. The molecule has 1 amide bonds. The number of benzene rings is 1. The van der Waals surface area contributed by atoms with Crippen molar-refractivity contribution in [3.05, 3.63) is 46.9 Å². The number of rotatable bonds is 7. The highest BCUT2D eigenvalue weighted by Gasteiger charge is 2.34. The van der Waals surface area contributed by atoms with E-state index in [9.17, 15) is 18.0 Å². The molecule has 1 atom stereocenters. The van der Waals surface area contributed by atoms with Crippen LogP contribution in [-0.2, 0) is 14.6 Å².